The van der Waals surface area contributed by atoms with Gasteiger partial charge in [-0.1, -0.05) is 46.6 Å². The molecule has 0 spiro atoms. The minimum atomic E-state index is -0.723. The average molecular weight is 494 g/mol. The second-order valence-electron chi connectivity index (χ2n) is 8.49. The summed E-state index contributed by atoms with van der Waals surface area (Å²) in [6, 6.07) is 4.12. The molecule has 0 aliphatic heterocycles. The fraction of sp³-hybridized carbons (Fsp3) is 0.615. The van der Waals surface area contributed by atoms with Gasteiger partial charge in [-0.15, -0.1) is 0 Å². The third kappa shape index (κ3) is 11.8. The number of hydrogen-bond acceptors (Lipinski definition) is 9. The lowest BCUT2D eigenvalue weighted by Crippen LogP contribution is -2.41. The zero-order chi connectivity index (χ0) is 26.2. The number of methoxy groups -OCH3 is 1. The molecule has 1 rings (SSSR count). The number of hydrogen-bond donors (Lipinski definition) is 1. The summed E-state index contributed by atoms with van der Waals surface area (Å²) in [5.41, 5.74) is 0.665. The zero-order valence-corrected chi connectivity index (χ0v) is 21.5. The highest BCUT2D eigenvalue weighted by Crippen LogP contribution is 2.30. The molecule has 0 fully saturated rings. The van der Waals surface area contributed by atoms with E-state index in [4.69, 9.17) is 18.9 Å². The predicted molar refractivity (Wildman–Crippen MR) is 130 cm³/mol. The van der Waals surface area contributed by atoms with E-state index < -0.39 is 23.9 Å². The lowest BCUT2D eigenvalue weighted by molar-refractivity contribution is -0.147. The van der Waals surface area contributed by atoms with Gasteiger partial charge < -0.3 is 24.3 Å². The summed E-state index contributed by atoms with van der Waals surface area (Å²) in [6.07, 6.45) is 3.79. The summed E-state index contributed by atoms with van der Waals surface area (Å²) < 4.78 is 21.0. The largest absolute Gasteiger partial charge is 0.468 e. The number of ether oxygens (including phenoxy) is 4. The number of carbonyl (C=O) groups excluding carboxylic acids is 4. The number of nitrogens with one attached hydrogen (secondary N) is 1. The molecule has 0 bridgehead atoms. The lowest BCUT2D eigenvalue weighted by atomic mass is 10.0. The van der Waals surface area contributed by atoms with E-state index in [1.165, 1.54) is 7.11 Å². The normalized spacial score (nSPS) is 11.6. The lowest BCUT2D eigenvalue weighted by Gasteiger charge is -2.18. The van der Waals surface area contributed by atoms with Gasteiger partial charge in [-0.05, 0) is 37.0 Å². The molecule has 1 aromatic rings. The van der Waals surface area contributed by atoms with Crippen molar-refractivity contribution in [1.29, 1.82) is 0 Å². The van der Waals surface area contributed by atoms with Gasteiger partial charge in [0.05, 0.1) is 13.0 Å². The summed E-state index contributed by atoms with van der Waals surface area (Å²) in [5, 5.41) is 3.03. The first kappa shape index (κ1) is 30.1. The Morgan fingerprint density at radius 3 is 2.03 bits per heavy atom. The van der Waals surface area contributed by atoms with Crippen LogP contribution in [0.5, 0.6) is 11.5 Å². The van der Waals surface area contributed by atoms with Crippen molar-refractivity contribution in [3.63, 3.8) is 0 Å². The highest BCUT2D eigenvalue weighted by Gasteiger charge is 2.21. The topological polar surface area (TPSA) is 117 Å². The Bertz CT molecular complexity index is 837. The molecule has 1 N–H and O–H groups in total. The van der Waals surface area contributed by atoms with Crippen molar-refractivity contribution in [1.82, 2.24) is 5.32 Å². The van der Waals surface area contributed by atoms with Gasteiger partial charge in [-0.3, -0.25) is 19.2 Å². The van der Waals surface area contributed by atoms with E-state index >= 15 is 0 Å². The first-order valence-electron chi connectivity index (χ1n) is 12.2. The summed E-state index contributed by atoms with van der Waals surface area (Å²) in [5.74, 6) is -1.60. The maximum atomic E-state index is 12.3. The van der Waals surface area contributed by atoms with Crippen LogP contribution in [0.2, 0.25) is 0 Å². The monoisotopic (exact) mass is 493 g/mol. The van der Waals surface area contributed by atoms with Gasteiger partial charge in [0.1, 0.15) is 12.6 Å². The Labute approximate surface area is 207 Å². The summed E-state index contributed by atoms with van der Waals surface area (Å²) >= 11 is 0. The van der Waals surface area contributed by atoms with E-state index in [0.29, 0.717) is 18.4 Å². The van der Waals surface area contributed by atoms with Crippen LogP contribution < -0.4 is 14.8 Å². The Morgan fingerprint density at radius 2 is 1.49 bits per heavy atom. The quantitative estimate of drug-likeness (QED) is 0.209. The van der Waals surface area contributed by atoms with Crippen LogP contribution in [0.4, 0.5) is 0 Å². The van der Waals surface area contributed by atoms with Crippen molar-refractivity contribution in [3.8, 4) is 11.5 Å². The van der Waals surface area contributed by atoms with E-state index in [0.717, 1.165) is 12.8 Å². The molecule has 0 aliphatic rings. The molecule has 9 nitrogen and oxygen atoms in total. The fourth-order valence-electron chi connectivity index (χ4n) is 3.00. The average Bonchev–Trinajstić information content (AvgIpc) is 2.83. The van der Waals surface area contributed by atoms with Crippen molar-refractivity contribution in [2.45, 2.75) is 78.7 Å². The summed E-state index contributed by atoms with van der Waals surface area (Å²) in [6.45, 7) is 7.79. The maximum Gasteiger partial charge on any atom is 0.323 e. The molecule has 1 atom stereocenters. The van der Waals surface area contributed by atoms with Gasteiger partial charge in [-0.2, -0.15) is 0 Å². The third-order valence-electron chi connectivity index (χ3n) is 5.06. The highest BCUT2D eigenvalue weighted by molar-refractivity contribution is 5.77. The maximum absolute atomic E-state index is 12.3. The van der Waals surface area contributed by atoms with Gasteiger partial charge in [0.2, 0.25) is 0 Å². The first-order chi connectivity index (χ1) is 16.7. The van der Waals surface area contributed by atoms with Crippen LogP contribution in [0.3, 0.4) is 0 Å². The molecule has 0 saturated heterocycles. The van der Waals surface area contributed by atoms with E-state index in [-0.39, 0.29) is 55.8 Å². The standard InChI is InChI=1S/C26H39NO8/c1-6-8-10-23(28)34-21-13-12-19(17-22(21)35-24(29)11-9-7-2)16-20(26(31)32-5)27-14-15-33-25(30)18(3)4/h12-13,17-18,20,27H,6-11,14-16H2,1-5H3/t20-/m0/s1. The van der Waals surface area contributed by atoms with Crippen LogP contribution in [0.15, 0.2) is 18.2 Å². The molecule has 0 radical (unpaired) electrons. The Balaban J connectivity index is 2.98. The number of carbonyl (C=O) groups is 4. The number of unbranched alkanes of at least 4 members (excludes halogenated alkanes) is 2. The number of benzene rings is 1. The summed E-state index contributed by atoms with van der Waals surface area (Å²) in [7, 11) is 1.29. The zero-order valence-electron chi connectivity index (χ0n) is 21.5. The molecule has 9 heteroatoms. The van der Waals surface area contributed by atoms with E-state index in [1.807, 2.05) is 13.8 Å². The molecule has 35 heavy (non-hydrogen) atoms. The van der Waals surface area contributed by atoms with Crippen LogP contribution in [-0.4, -0.2) is 50.2 Å². The van der Waals surface area contributed by atoms with Crippen LogP contribution >= 0.6 is 0 Å². The number of esters is 4. The van der Waals surface area contributed by atoms with Crippen molar-refractivity contribution in [2.24, 2.45) is 5.92 Å². The molecular formula is C26H39NO8. The molecule has 0 aliphatic carbocycles. The fourth-order valence-corrected chi connectivity index (χ4v) is 3.00. The van der Waals surface area contributed by atoms with E-state index in [1.54, 1.807) is 32.0 Å². The van der Waals surface area contributed by atoms with Crippen molar-refractivity contribution >= 4 is 23.9 Å². The van der Waals surface area contributed by atoms with Gasteiger partial charge in [0.15, 0.2) is 11.5 Å². The Hall–Kier alpha value is -2.94. The molecule has 0 heterocycles. The third-order valence-corrected chi connectivity index (χ3v) is 5.06. The van der Waals surface area contributed by atoms with Crippen molar-refractivity contribution in [3.05, 3.63) is 23.8 Å². The number of rotatable bonds is 16. The Kier molecular flexibility index (Phi) is 14.3. The second-order valence-corrected chi connectivity index (χ2v) is 8.49. The van der Waals surface area contributed by atoms with Crippen LogP contribution in [0.25, 0.3) is 0 Å². The van der Waals surface area contributed by atoms with Gasteiger partial charge in [0, 0.05) is 19.4 Å². The molecular weight excluding hydrogens is 454 g/mol. The van der Waals surface area contributed by atoms with Crippen LogP contribution in [-0.2, 0) is 35.1 Å². The molecule has 0 saturated carbocycles. The van der Waals surface area contributed by atoms with Gasteiger partial charge in [0.25, 0.3) is 0 Å². The molecule has 196 valence electrons. The minimum Gasteiger partial charge on any atom is -0.468 e. The van der Waals surface area contributed by atoms with Gasteiger partial charge >= 0.3 is 23.9 Å². The van der Waals surface area contributed by atoms with Crippen molar-refractivity contribution in [2.75, 3.05) is 20.3 Å². The Morgan fingerprint density at radius 1 is 0.886 bits per heavy atom. The molecule has 0 unspecified atom stereocenters. The first-order valence-corrected chi connectivity index (χ1v) is 12.2. The van der Waals surface area contributed by atoms with Crippen molar-refractivity contribution < 1.29 is 38.1 Å². The van der Waals surface area contributed by atoms with E-state index in [2.05, 4.69) is 5.32 Å². The van der Waals surface area contributed by atoms with E-state index in [9.17, 15) is 19.2 Å². The second kappa shape index (κ2) is 16.6. The summed E-state index contributed by atoms with van der Waals surface area (Å²) in [4.78, 5) is 48.3. The smallest absolute Gasteiger partial charge is 0.323 e. The predicted octanol–water partition coefficient (Wildman–Crippen LogP) is 3.75. The van der Waals surface area contributed by atoms with Gasteiger partial charge in [-0.25, -0.2) is 0 Å². The molecule has 0 amide bonds. The SMILES string of the molecule is CCCCC(=O)Oc1ccc(C[C@H](NCCOC(=O)C(C)C)C(=O)OC)cc1OC(=O)CCCC. The minimum absolute atomic E-state index is 0.109. The molecule has 0 aromatic heterocycles. The van der Waals surface area contributed by atoms with Crippen LogP contribution in [0, 0.1) is 5.92 Å². The highest BCUT2D eigenvalue weighted by atomic mass is 16.6. The molecule has 1 aromatic carbocycles. The van der Waals surface area contributed by atoms with Crippen LogP contribution in [0.1, 0.15) is 71.8 Å².